The highest BCUT2D eigenvalue weighted by atomic mass is 14.9. The van der Waals surface area contributed by atoms with Crippen molar-refractivity contribution in [3.8, 4) is 0 Å². The lowest BCUT2D eigenvalue weighted by Gasteiger charge is -1.98. The van der Waals surface area contributed by atoms with Crippen LogP contribution in [0, 0.1) is 5.92 Å². The molecule has 1 saturated heterocycles. The Bertz CT molecular complexity index is 96.6. The van der Waals surface area contributed by atoms with Crippen LogP contribution in [0.15, 0.2) is 12.3 Å². The van der Waals surface area contributed by atoms with Gasteiger partial charge in [-0.2, -0.15) is 0 Å². The summed E-state index contributed by atoms with van der Waals surface area (Å²) in [6.45, 7) is 7.22. The van der Waals surface area contributed by atoms with Crippen molar-refractivity contribution in [1.82, 2.24) is 5.32 Å². The van der Waals surface area contributed by atoms with Gasteiger partial charge in [-0.25, -0.2) is 0 Å². The van der Waals surface area contributed by atoms with Gasteiger partial charge in [0.2, 0.25) is 0 Å². The van der Waals surface area contributed by atoms with Gasteiger partial charge in [-0.05, 0) is 12.3 Å². The van der Waals surface area contributed by atoms with E-state index in [9.17, 15) is 0 Å². The van der Waals surface area contributed by atoms with Crippen LogP contribution in [0.2, 0.25) is 0 Å². The zero-order chi connectivity index (χ0) is 5.98. The summed E-state index contributed by atoms with van der Waals surface area (Å²) in [6, 6.07) is 0. The molecule has 8 heavy (non-hydrogen) atoms. The van der Waals surface area contributed by atoms with E-state index in [2.05, 4.69) is 18.8 Å². The molecular formula is C7H13N. The Labute approximate surface area is 50.8 Å². The largest absolute Gasteiger partial charge is 0.389 e. The fourth-order valence-electron chi connectivity index (χ4n) is 1.07. The van der Waals surface area contributed by atoms with E-state index in [1.807, 2.05) is 0 Å². The minimum atomic E-state index is 0.863. The Kier molecular flexibility index (Phi) is 1.56. The molecule has 0 radical (unpaired) electrons. The third-order valence-corrected chi connectivity index (χ3v) is 1.75. The molecule has 46 valence electrons. The highest BCUT2D eigenvalue weighted by Gasteiger charge is 2.13. The molecule has 1 aliphatic heterocycles. The summed E-state index contributed by atoms with van der Waals surface area (Å²) in [5, 5.41) is 3.23. The number of rotatable bonds is 1. The summed E-state index contributed by atoms with van der Waals surface area (Å²) in [5.41, 5.74) is 1.22. The maximum absolute atomic E-state index is 3.84. The summed E-state index contributed by atoms with van der Waals surface area (Å²) < 4.78 is 0. The second-order valence-electron chi connectivity index (χ2n) is 2.46. The van der Waals surface area contributed by atoms with Crippen LogP contribution in [0.3, 0.4) is 0 Å². The third-order valence-electron chi connectivity index (χ3n) is 1.75. The molecule has 0 aliphatic carbocycles. The quantitative estimate of drug-likeness (QED) is 0.541. The minimum absolute atomic E-state index is 0.863. The Morgan fingerprint density at radius 3 is 2.88 bits per heavy atom. The highest BCUT2D eigenvalue weighted by Crippen LogP contribution is 2.17. The van der Waals surface area contributed by atoms with E-state index in [0.717, 1.165) is 12.5 Å². The Hall–Kier alpha value is -0.460. The molecule has 1 aliphatic rings. The molecule has 0 aromatic rings. The van der Waals surface area contributed by atoms with E-state index in [1.165, 1.54) is 18.5 Å². The topological polar surface area (TPSA) is 12.0 Å². The summed E-state index contributed by atoms with van der Waals surface area (Å²) in [4.78, 5) is 0. The molecular weight excluding hydrogens is 98.1 g/mol. The van der Waals surface area contributed by atoms with Crippen LogP contribution in [0.1, 0.15) is 19.8 Å². The first kappa shape index (κ1) is 5.67. The standard InChI is InChI=1S/C7H13N/c1-3-7-4-6(2)8-5-7/h7-8H,2-5H2,1H3/t7-/m1/s1. The lowest BCUT2D eigenvalue weighted by Crippen LogP contribution is -2.06. The summed E-state index contributed by atoms with van der Waals surface area (Å²) >= 11 is 0. The molecule has 0 spiro atoms. The number of hydrogen-bond donors (Lipinski definition) is 1. The lowest BCUT2D eigenvalue weighted by molar-refractivity contribution is 0.566. The van der Waals surface area contributed by atoms with E-state index in [-0.39, 0.29) is 0 Å². The first-order valence-corrected chi connectivity index (χ1v) is 3.24. The van der Waals surface area contributed by atoms with Gasteiger partial charge in [-0.3, -0.25) is 0 Å². The van der Waals surface area contributed by atoms with Gasteiger partial charge in [0, 0.05) is 12.2 Å². The Morgan fingerprint density at radius 2 is 2.62 bits per heavy atom. The maximum Gasteiger partial charge on any atom is 0.0175 e. The van der Waals surface area contributed by atoms with E-state index < -0.39 is 0 Å². The van der Waals surface area contributed by atoms with E-state index >= 15 is 0 Å². The Morgan fingerprint density at radius 1 is 1.88 bits per heavy atom. The number of nitrogens with one attached hydrogen (secondary N) is 1. The minimum Gasteiger partial charge on any atom is -0.389 e. The molecule has 1 N–H and O–H groups in total. The summed E-state index contributed by atoms with van der Waals surface area (Å²) in [6.07, 6.45) is 2.47. The number of allylic oxidation sites excluding steroid dienone is 1. The molecule has 1 heteroatoms. The molecule has 0 unspecified atom stereocenters. The maximum atomic E-state index is 3.84. The normalized spacial score (nSPS) is 28.1. The van der Waals surface area contributed by atoms with Crippen LogP contribution in [0.25, 0.3) is 0 Å². The fraction of sp³-hybridized carbons (Fsp3) is 0.714. The Balaban J connectivity index is 2.32. The lowest BCUT2D eigenvalue weighted by atomic mass is 10.1. The molecule has 1 atom stereocenters. The number of hydrogen-bond acceptors (Lipinski definition) is 1. The molecule has 1 fully saturated rings. The van der Waals surface area contributed by atoms with E-state index in [1.54, 1.807) is 0 Å². The van der Waals surface area contributed by atoms with Crippen LogP contribution in [-0.2, 0) is 0 Å². The first-order chi connectivity index (χ1) is 3.83. The van der Waals surface area contributed by atoms with Crippen molar-refractivity contribution in [3.05, 3.63) is 12.3 Å². The van der Waals surface area contributed by atoms with Crippen LogP contribution < -0.4 is 5.32 Å². The second-order valence-corrected chi connectivity index (χ2v) is 2.46. The van der Waals surface area contributed by atoms with Crippen molar-refractivity contribution in [2.75, 3.05) is 6.54 Å². The summed E-state index contributed by atoms with van der Waals surface area (Å²) in [5.74, 6) is 0.863. The van der Waals surface area contributed by atoms with Crippen molar-refractivity contribution >= 4 is 0 Å². The zero-order valence-corrected chi connectivity index (χ0v) is 5.41. The van der Waals surface area contributed by atoms with Crippen LogP contribution in [0.5, 0.6) is 0 Å². The van der Waals surface area contributed by atoms with Gasteiger partial charge in [0.25, 0.3) is 0 Å². The zero-order valence-electron chi connectivity index (χ0n) is 5.41. The second kappa shape index (κ2) is 2.21. The van der Waals surface area contributed by atoms with Gasteiger partial charge in [-0.15, -0.1) is 0 Å². The van der Waals surface area contributed by atoms with Crippen molar-refractivity contribution in [1.29, 1.82) is 0 Å². The van der Waals surface area contributed by atoms with E-state index in [4.69, 9.17) is 0 Å². The molecule has 0 amide bonds. The predicted molar refractivity (Wildman–Crippen MR) is 35.5 cm³/mol. The van der Waals surface area contributed by atoms with Crippen molar-refractivity contribution < 1.29 is 0 Å². The molecule has 0 bridgehead atoms. The van der Waals surface area contributed by atoms with Crippen molar-refractivity contribution in [2.45, 2.75) is 19.8 Å². The highest BCUT2D eigenvalue weighted by molar-refractivity contribution is 4.99. The molecule has 1 nitrogen and oxygen atoms in total. The van der Waals surface area contributed by atoms with Crippen LogP contribution >= 0.6 is 0 Å². The smallest absolute Gasteiger partial charge is 0.0175 e. The van der Waals surface area contributed by atoms with Gasteiger partial charge in [-0.1, -0.05) is 19.9 Å². The molecule has 1 rings (SSSR count). The van der Waals surface area contributed by atoms with Gasteiger partial charge >= 0.3 is 0 Å². The fourth-order valence-corrected chi connectivity index (χ4v) is 1.07. The molecule has 0 aromatic carbocycles. The monoisotopic (exact) mass is 111 g/mol. The SMILES string of the molecule is C=C1C[C@@H](CC)CN1. The van der Waals surface area contributed by atoms with Crippen LogP contribution in [-0.4, -0.2) is 6.54 Å². The van der Waals surface area contributed by atoms with Gasteiger partial charge in [0.05, 0.1) is 0 Å². The molecule has 1 heterocycles. The average Bonchev–Trinajstić information content (AvgIpc) is 2.14. The van der Waals surface area contributed by atoms with E-state index in [0.29, 0.717) is 0 Å². The summed E-state index contributed by atoms with van der Waals surface area (Å²) in [7, 11) is 0. The average molecular weight is 111 g/mol. The van der Waals surface area contributed by atoms with Gasteiger partial charge in [0.15, 0.2) is 0 Å². The van der Waals surface area contributed by atoms with Gasteiger partial charge in [0.1, 0.15) is 0 Å². The predicted octanol–water partition coefficient (Wildman–Crippen LogP) is 1.52. The first-order valence-electron chi connectivity index (χ1n) is 3.24. The van der Waals surface area contributed by atoms with Crippen molar-refractivity contribution in [3.63, 3.8) is 0 Å². The molecule has 0 saturated carbocycles. The van der Waals surface area contributed by atoms with Gasteiger partial charge < -0.3 is 5.32 Å². The van der Waals surface area contributed by atoms with Crippen molar-refractivity contribution in [2.24, 2.45) is 5.92 Å². The van der Waals surface area contributed by atoms with Crippen LogP contribution in [0.4, 0.5) is 0 Å². The third kappa shape index (κ3) is 1.03. The molecule has 0 aromatic heterocycles.